The van der Waals surface area contributed by atoms with E-state index in [1.807, 2.05) is 30.3 Å². The Kier molecular flexibility index (Phi) is 4.63. The highest BCUT2D eigenvalue weighted by molar-refractivity contribution is 9.10. The molecule has 0 unspecified atom stereocenters. The third-order valence-electron chi connectivity index (χ3n) is 2.75. The number of halogens is 1. The fraction of sp³-hybridized carbons (Fsp3) is 0.133. The van der Waals surface area contributed by atoms with E-state index in [4.69, 9.17) is 15.2 Å². The minimum absolute atomic E-state index is 0.274. The van der Waals surface area contributed by atoms with Gasteiger partial charge in [-0.25, -0.2) is 4.79 Å². The van der Waals surface area contributed by atoms with E-state index in [1.165, 1.54) is 7.11 Å². The van der Waals surface area contributed by atoms with Crippen LogP contribution in [-0.2, 0) is 11.3 Å². The monoisotopic (exact) mass is 335 g/mol. The molecular formula is C15H14BrNO3. The van der Waals surface area contributed by atoms with Gasteiger partial charge in [-0.1, -0.05) is 46.3 Å². The number of nitrogens with two attached hydrogens (primary N) is 1. The predicted molar refractivity (Wildman–Crippen MR) is 80.7 cm³/mol. The van der Waals surface area contributed by atoms with Gasteiger partial charge in [0.1, 0.15) is 12.4 Å². The lowest BCUT2D eigenvalue weighted by Gasteiger charge is -2.12. The van der Waals surface area contributed by atoms with Crippen molar-refractivity contribution in [3.05, 3.63) is 58.1 Å². The van der Waals surface area contributed by atoms with Gasteiger partial charge in [0.2, 0.25) is 0 Å². The number of hydrogen-bond acceptors (Lipinski definition) is 4. The van der Waals surface area contributed by atoms with Gasteiger partial charge < -0.3 is 15.2 Å². The normalized spacial score (nSPS) is 10.1. The Balaban J connectivity index is 2.23. The maximum Gasteiger partial charge on any atom is 0.340 e. The van der Waals surface area contributed by atoms with Crippen LogP contribution in [0, 0.1) is 0 Å². The first-order chi connectivity index (χ1) is 9.61. The lowest BCUT2D eigenvalue weighted by molar-refractivity contribution is 0.0601. The minimum atomic E-state index is -0.492. The van der Waals surface area contributed by atoms with Crippen molar-refractivity contribution in [2.75, 3.05) is 12.8 Å². The second-order valence-electron chi connectivity index (χ2n) is 4.13. The summed E-state index contributed by atoms with van der Waals surface area (Å²) in [6, 6.07) is 13.0. The molecule has 20 heavy (non-hydrogen) atoms. The molecule has 0 aliphatic heterocycles. The summed E-state index contributed by atoms with van der Waals surface area (Å²) in [6.07, 6.45) is 0. The zero-order valence-corrected chi connectivity index (χ0v) is 12.5. The summed E-state index contributed by atoms with van der Waals surface area (Å²) in [5.74, 6) is -0.0445. The molecule has 0 aliphatic rings. The van der Waals surface area contributed by atoms with Gasteiger partial charge in [0.25, 0.3) is 0 Å². The second kappa shape index (κ2) is 6.43. The van der Waals surface area contributed by atoms with Crippen LogP contribution in [0.5, 0.6) is 5.75 Å². The zero-order chi connectivity index (χ0) is 14.5. The summed E-state index contributed by atoms with van der Waals surface area (Å²) in [6.45, 7) is 0.377. The van der Waals surface area contributed by atoms with E-state index in [0.29, 0.717) is 16.8 Å². The van der Waals surface area contributed by atoms with Gasteiger partial charge in [-0.05, 0) is 17.7 Å². The van der Waals surface area contributed by atoms with Crippen LogP contribution in [-0.4, -0.2) is 13.1 Å². The molecule has 0 aliphatic carbocycles. The molecule has 0 saturated heterocycles. The quantitative estimate of drug-likeness (QED) is 0.687. The summed E-state index contributed by atoms with van der Waals surface area (Å²) in [4.78, 5) is 11.6. The van der Waals surface area contributed by atoms with Crippen LogP contribution >= 0.6 is 15.9 Å². The number of methoxy groups -OCH3 is 1. The standard InChI is InChI=1S/C15H14BrNO3/c1-19-15(18)12-7-11(16)8-13(14(12)17)20-9-10-5-3-2-4-6-10/h2-8H,9,17H2,1H3. The van der Waals surface area contributed by atoms with E-state index in [2.05, 4.69) is 15.9 Å². The molecule has 0 spiro atoms. The third-order valence-corrected chi connectivity index (χ3v) is 3.21. The van der Waals surface area contributed by atoms with E-state index in [1.54, 1.807) is 12.1 Å². The maximum absolute atomic E-state index is 11.6. The highest BCUT2D eigenvalue weighted by atomic mass is 79.9. The van der Waals surface area contributed by atoms with Crippen LogP contribution in [0.3, 0.4) is 0 Å². The van der Waals surface area contributed by atoms with Crippen LogP contribution in [0.2, 0.25) is 0 Å². The van der Waals surface area contributed by atoms with E-state index in [-0.39, 0.29) is 11.3 Å². The number of nitrogen functional groups attached to an aromatic ring is 1. The van der Waals surface area contributed by atoms with Crippen molar-refractivity contribution in [1.29, 1.82) is 0 Å². The summed E-state index contributed by atoms with van der Waals surface area (Å²) < 4.78 is 11.1. The van der Waals surface area contributed by atoms with E-state index >= 15 is 0 Å². The lowest BCUT2D eigenvalue weighted by Crippen LogP contribution is -2.08. The van der Waals surface area contributed by atoms with Gasteiger partial charge >= 0.3 is 5.97 Å². The molecule has 0 bridgehead atoms. The molecule has 5 heteroatoms. The van der Waals surface area contributed by atoms with Crippen molar-refractivity contribution >= 4 is 27.6 Å². The van der Waals surface area contributed by atoms with Crippen LogP contribution in [0.25, 0.3) is 0 Å². The molecule has 104 valence electrons. The molecule has 0 fully saturated rings. The zero-order valence-electron chi connectivity index (χ0n) is 10.9. The summed E-state index contributed by atoms with van der Waals surface area (Å²) >= 11 is 3.33. The number of hydrogen-bond donors (Lipinski definition) is 1. The van der Waals surface area contributed by atoms with Crippen molar-refractivity contribution < 1.29 is 14.3 Å². The number of esters is 1. The first-order valence-corrected chi connectivity index (χ1v) is 6.75. The molecule has 0 amide bonds. The molecule has 2 aromatic carbocycles. The van der Waals surface area contributed by atoms with Crippen molar-refractivity contribution in [2.45, 2.75) is 6.61 Å². The molecule has 0 saturated carbocycles. The first kappa shape index (κ1) is 14.4. The van der Waals surface area contributed by atoms with Crippen LogP contribution < -0.4 is 10.5 Å². The van der Waals surface area contributed by atoms with Crippen molar-refractivity contribution in [3.8, 4) is 5.75 Å². The van der Waals surface area contributed by atoms with Gasteiger partial charge in [-0.3, -0.25) is 0 Å². The topological polar surface area (TPSA) is 61.5 Å². The van der Waals surface area contributed by atoms with Gasteiger partial charge in [-0.2, -0.15) is 0 Å². The Morgan fingerprint density at radius 1 is 1.25 bits per heavy atom. The van der Waals surface area contributed by atoms with Crippen molar-refractivity contribution in [1.82, 2.24) is 0 Å². The molecular weight excluding hydrogens is 322 g/mol. The van der Waals surface area contributed by atoms with Crippen molar-refractivity contribution in [2.24, 2.45) is 0 Å². The highest BCUT2D eigenvalue weighted by Crippen LogP contribution is 2.31. The van der Waals surface area contributed by atoms with E-state index < -0.39 is 5.97 Å². The Bertz CT molecular complexity index is 614. The fourth-order valence-corrected chi connectivity index (χ4v) is 2.16. The van der Waals surface area contributed by atoms with Crippen molar-refractivity contribution in [3.63, 3.8) is 0 Å². The van der Waals surface area contributed by atoms with Crippen LogP contribution in [0.4, 0.5) is 5.69 Å². The van der Waals surface area contributed by atoms with E-state index in [9.17, 15) is 4.79 Å². The Hall–Kier alpha value is -2.01. The highest BCUT2D eigenvalue weighted by Gasteiger charge is 2.15. The summed E-state index contributed by atoms with van der Waals surface area (Å²) in [5, 5.41) is 0. The van der Waals surface area contributed by atoms with Gasteiger partial charge in [-0.15, -0.1) is 0 Å². The minimum Gasteiger partial charge on any atom is -0.487 e. The molecule has 4 nitrogen and oxygen atoms in total. The van der Waals surface area contributed by atoms with Gasteiger partial charge in [0, 0.05) is 4.47 Å². The summed E-state index contributed by atoms with van der Waals surface area (Å²) in [7, 11) is 1.31. The third kappa shape index (κ3) is 3.30. The number of ether oxygens (including phenoxy) is 2. The predicted octanol–water partition coefficient (Wildman–Crippen LogP) is 3.40. The molecule has 0 radical (unpaired) electrons. The Morgan fingerprint density at radius 2 is 1.95 bits per heavy atom. The first-order valence-electron chi connectivity index (χ1n) is 5.96. The molecule has 0 atom stereocenters. The lowest BCUT2D eigenvalue weighted by atomic mass is 10.1. The number of benzene rings is 2. The molecule has 0 heterocycles. The number of anilines is 1. The Morgan fingerprint density at radius 3 is 2.60 bits per heavy atom. The maximum atomic E-state index is 11.6. The fourth-order valence-electron chi connectivity index (χ4n) is 1.73. The molecule has 2 aromatic rings. The molecule has 2 N–H and O–H groups in total. The summed E-state index contributed by atoms with van der Waals surface area (Å²) in [5.41, 5.74) is 7.52. The number of carbonyl (C=O) groups is 1. The van der Waals surface area contributed by atoms with Crippen LogP contribution in [0.1, 0.15) is 15.9 Å². The smallest absolute Gasteiger partial charge is 0.340 e. The Labute approximate surface area is 125 Å². The number of carbonyl (C=O) groups excluding carboxylic acids is 1. The molecule has 2 rings (SSSR count). The van der Waals surface area contributed by atoms with Gasteiger partial charge in [0.15, 0.2) is 0 Å². The molecule has 0 aromatic heterocycles. The average Bonchev–Trinajstić information content (AvgIpc) is 2.48. The SMILES string of the molecule is COC(=O)c1cc(Br)cc(OCc2ccccc2)c1N. The largest absolute Gasteiger partial charge is 0.487 e. The number of rotatable bonds is 4. The van der Waals surface area contributed by atoms with Gasteiger partial charge in [0.05, 0.1) is 18.4 Å². The second-order valence-corrected chi connectivity index (χ2v) is 5.05. The van der Waals surface area contributed by atoms with Crippen LogP contribution in [0.15, 0.2) is 46.9 Å². The van der Waals surface area contributed by atoms with E-state index in [0.717, 1.165) is 5.56 Å². The average molecular weight is 336 g/mol.